The Hall–Kier alpha value is -2.02. The maximum Gasteiger partial charge on any atom is 0.263 e. The van der Waals surface area contributed by atoms with Gasteiger partial charge in [0.25, 0.3) is 10.0 Å². The SMILES string of the molecule is CS(=O)(=O)N1CCC(C(=O)Nc2ccc(S(=O)(=O)Nc3nccs3)cc2)CC1. The van der Waals surface area contributed by atoms with E-state index in [1.807, 2.05) is 0 Å². The highest BCUT2D eigenvalue weighted by Gasteiger charge is 2.29. The number of nitrogens with one attached hydrogen (secondary N) is 2. The zero-order valence-electron chi connectivity index (χ0n) is 15.0. The van der Waals surface area contributed by atoms with Crippen LogP contribution >= 0.6 is 11.3 Å². The summed E-state index contributed by atoms with van der Waals surface area (Å²) in [6.45, 7) is 0.632. The van der Waals surface area contributed by atoms with Crippen LogP contribution in [0.15, 0.2) is 40.7 Å². The lowest BCUT2D eigenvalue weighted by Gasteiger charge is -2.29. The molecule has 1 aliphatic rings. The van der Waals surface area contributed by atoms with Crippen LogP contribution < -0.4 is 10.0 Å². The molecule has 2 aromatic rings. The lowest BCUT2D eigenvalue weighted by atomic mass is 9.97. The van der Waals surface area contributed by atoms with Gasteiger partial charge in [0.2, 0.25) is 15.9 Å². The Morgan fingerprint density at radius 3 is 2.32 bits per heavy atom. The van der Waals surface area contributed by atoms with Gasteiger partial charge in [0.05, 0.1) is 11.2 Å². The molecule has 0 saturated carbocycles. The van der Waals surface area contributed by atoms with E-state index in [1.165, 1.54) is 46.1 Å². The van der Waals surface area contributed by atoms with E-state index >= 15 is 0 Å². The van der Waals surface area contributed by atoms with Crippen LogP contribution in [0.2, 0.25) is 0 Å². The minimum Gasteiger partial charge on any atom is -0.326 e. The molecular formula is C16H20N4O5S3. The Morgan fingerprint density at radius 1 is 1.14 bits per heavy atom. The number of rotatable bonds is 6. The summed E-state index contributed by atoms with van der Waals surface area (Å²) in [4.78, 5) is 16.3. The average Bonchev–Trinajstić information content (AvgIpc) is 3.14. The van der Waals surface area contributed by atoms with Gasteiger partial charge in [-0.1, -0.05) is 0 Å². The lowest BCUT2D eigenvalue weighted by molar-refractivity contribution is -0.120. The molecule has 1 saturated heterocycles. The fraction of sp³-hybridized carbons (Fsp3) is 0.375. The number of carbonyl (C=O) groups excluding carboxylic acids is 1. The van der Waals surface area contributed by atoms with Gasteiger partial charge >= 0.3 is 0 Å². The van der Waals surface area contributed by atoms with Crippen LogP contribution in [0.25, 0.3) is 0 Å². The molecule has 0 bridgehead atoms. The number of amides is 1. The summed E-state index contributed by atoms with van der Waals surface area (Å²) in [5, 5.41) is 4.70. The molecule has 2 N–H and O–H groups in total. The van der Waals surface area contributed by atoms with E-state index in [2.05, 4.69) is 15.0 Å². The van der Waals surface area contributed by atoms with Crippen LogP contribution in [0, 0.1) is 5.92 Å². The summed E-state index contributed by atoms with van der Waals surface area (Å²) in [6.07, 6.45) is 3.56. The summed E-state index contributed by atoms with van der Waals surface area (Å²) >= 11 is 1.17. The number of thiazole rings is 1. The van der Waals surface area contributed by atoms with E-state index < -0.39 is 20.0 Å². The standard InChI is InChI=1S/C16H20N4O5S3/c1-27(22,23)20-9-6-12(7-10-20)15(21)18-13-2-4-14(5-3-13)28(24,25)19-16-17-8-11-26-16/h2-5,8,11-12H,6-7,9-10H2,1H3,(H,17,19)(H,18,21). The van der Waals surface area contributed by atoms with E-state index in [-0.39, 0.29) is 21.9 Å². The van der Waals surface area contributed by atoms with E-state index in [0.29, 0.717) is 31.6 Å². The second-order valence-corrected chi connectivity index (χ2v) is 11.0. The lowest BCUT2D eigenvalue weighted by Crippen LogP contribution is -2.40. The van der Waals surface area contributed by atoms with Crippen molar-refractivity contribution in [2.24, 2.45) is 5.92 Å². The first-order valence-corrected chi connectivity index (χ1v) is 12.6. The molecule has 0 atom stereocenters. The molecule has 0 radical (unpaired) electrons. The summed E-state index contributed by atoms with van der Waals surface area (Å²) in [6, 6.07) is 5.83. The third kappa shape index (κ3) is 5.07. The molecule has 1 fully saturated rings. The molecular weight excluding hydrogens is 424 g/mol. The van der Waals surface area contributed by atoms with Gasteiger partial charge in [0.1, 0.15) is 0 Å². The molecule has 12 heteroatoms. The van der Waals surface area contributed by atoms with Gasteiger partial charge in [-0.25, -0.2) is 26.1 Å². The Kier molecular flexibility index (Phi) is 6.03. The van der Waals surface area contributed by atoms with Crippen molar-refractivity contribution in [3.63, 3.8) is 0 Å². The Morgan fingerprint density at radius 2 is 1.79 bits per heavy atom. The van der Waals surface area contributed by atoms with Gasteiger partial charge in [-0.3, -0.25) is 9.52 Å². The fourth-order valence-electron chi connectivity index (χ4n) is 2.86. The first kappa shape index (κ1) is 20.7. The van der Waals surface area contributed by atoms with E-state index in [4.69, 9.17) is 0 Å². The highest BCUT2D eigenvalue weighted by atomic mass is 32.2. The molecule has 1 aromatic heterocycles. The van der Waals surface area contributed by atoms with Crippen molar-refractivity contribution < 1.29 is 21.6 Å². The van der Waals surface area contributed by atoms with Crippen molar-refractivity contribution in [2.45, 2.75) is 17.7 Å². The van der Waals surface area contributed by atoms with Crippen LogP contribution in [0.1, 0.15) is 12.8 Å². The van der Waals surface area contributed by atoms with Crippen LogP contribution in [0.4, 0.5) is 10.8 Å². The summed E-state index contributed by atoms with van der Waals surface area (Å²) in [5.74, 6) is -0.488. The molecule has 1 aliphatic heterocycles. The highest BCUT2D eigenvalue weighted by molar-refractivity contribution is 7.93. The fourth-order valence-corrected chi connectivity index (χ4v) is 5.52. The summed E-state index contributed by atoms with van der Waals surface area (Å²) in [5.41, 5.74) is 0.476. The van der Waals surface area contributed by atoms with E-state index in [9.17, 15) is 21.6 Å². The number of hydrogen-bond donors (Lipinski definition) is 2. The second-order valence-electron chi connectivity index (χ2n) is 6.39. The van der Waals surface area contributed by atoms with Gasteiger partial charge in [-0.05, 0) is 37.1 Å². The largest absolute Gasteiger partial charge is 0.326 e. The number of benzene rings is 1. The topological polar surface area (TPSA) is 126 Å². The minimum atomic E-state index is -3.75. The first-order chi connectivity index (χ1) is 13.1. The molecule has 3 rings (SSSR count). The van der Waals surface area contributed by atoms with Gasteiger partial charge in [0, 0.05) is 36.3 Å². The third-order valence-electron chi connectivity index (χ3n) is 4.38. The van der Waals surface area contributed by atoms with Gasteiger partial charge in [0.15, 0.2) is 5.13 Å². The number of hydrogen-bond acceptors (Lipinski definition) is 7. The number of sulfonamides is 2. The Balaban J connectivity index is 1.59. The van der Waals surface area contributed by atoms with Gasteiger partial charge in [-0.2, -0.15) is 0 Å². The van der Waals surface area contributed by atoms with Gasteiger partial charge < -0.3 is 5.32 Å². The zero-order chi connectivity index (χ0) is 20.4. The van der Waals surface area contributed by atoms with Gasteiger partial charge in [-0.15, -0.1) is 11.3 Å². The quantitative estimate of drug-likeness (QED) is 0.696. The zero-order valence-corrected chi connectivity index (χ0v) is 17.5. The van der Waals surface area contributed by atoms with Crippen molar-refractivity contribution in [1.29, 1.82) is 0 Å². The molecule has 0 spiro atoms. The van der Waals surface area contributed by atoms with Crippen LogP contribution in [0.3, 0.4) is 0 Å². The van der Waals surface area contributed by atoms with Crippen LogP contribution in [-0.2, 0) is 24.8 Å². The summed E-state index contributed by atoms with van der Waals surface area (Å²) in [7, 11) is -6.98. The molecule has 0 aliphatic carbocycles. The van der Waals surface area contributed by atoms with E-state index in [0.717, 1.165) is 6.26 Å². The maximum absolute atomic E-state index is 12.4. The third-order valence-corrected chi connectivity index (χ3v) is 7.86. The van der Waals surface area contributed by atoms with Crippen molar-refractivity contribution in [2.75, 3.05) is 29.4 Å². The van der Waals surface area contributed by atoms with Crippen LogP contribution in [-0.4, -0.2) is 51.4 Å². The number of anilines is 2. The number of nitrogens with zero attached hydrogens (tertiary/aromatic N) is 2. The second kappa shape index (κ2) is 8.15. The molecule has 0 unspecified atom stereocenters. The van der Waals surface area contributed by atoms with Crippen molar-refractivity contribution in [1.82, 2.24) is 9.29 Å². The molecule has 152 valence electrons. The molecule has 28 heavy (non-hydrogen) atoms. The van der Waals surface area contributed by atoms with Crippen LogP contribution in [0.5, 0.6) is 0 Å². The monoisotopic (exact) mass is 444 g/mol. The molecule has 1 aromatic carbocycles. The predicted octanol–water partition coefficient (Wildman–Crippen LogP) is 1.55. The van der Waals surface area contributed by atoms with E-state index in [1.54, 1.807) is 5.38 Å². The number of aromatic nitrogens is 1. The van der Waals surface area contributed by atoms with Crippen molar-refractivity contribution in [3.8, 4) is 0 Å². The minimum absolute atomic E-state index is 0.0576. The Bertz CT molecular complexity index is 1030. The molecule has 2 heterocycles. The predicted molar refractivity (Wildman–Crippen MR) is 107 cm³/mol. The first-order valence-electron chi connectivity index (χ1n) is 8.43. The Labute approximate surface area is 167 Å². The average molecular weight is 445 g/mol. The van der Waals surface area contributed by atoms with Crippen molar-refractivity contribution >= 4 is 48.1 Å². The maximum atomic E-state index is 12.4. The van der Waals surface area contributed by atoms with Crippen molar-refractivity contribution in [3.05, 3.63) is 35.8 Å². The highest BCUT2D eigenvalue weighted by Crippen LogP contribution is 2.23. The normalized spacial score (nSPS) is 16.6. The molecule has 1 amide bonds. The number of carbonyl (C=O) groups is 1. The number of piperidine rings is 1. The molecule has 9 nitrogen and oxygen atoms in total. The smallest absolute Gasteiger partial charge is 0.263 e. The summed E-state index contributed by atoms with van der Waals surface area (Å²) < 4.78 is 51.4.